The van der Waals surface area contributed by atoms with Gasteiger partial charge in [0.05, 0.1) is 36.4 Å². The van der Waals surface area contributed by atoms with Crippen LogP contribution in [-0.2, 0) is 21.2 Å². The Morgan fingerprint density at radius 2 is 1.74 bits per heavy atom. The SMILES string of the molecule is COc1cc2c(cc1OC)[C@@H]1CC(=NNS(=O)(=O)c3ccc(C)cc3)C3=C(CCCC3=O)N1CC2. The Morgan fingerprint density at radius 3 is 2.46 bits per heavy atom. The summed E-state index contributed by atoms with van der Waals surface area (Å²) < 4.78 is 36.8. The van der Waals surface area contributed by atoms with E-state index in [4.69, 9.17) is 9.47 Å². The Hall–Kier alpha value is -3.33. The van der Waals surface area contributed by atoms with Gasteiger partial charge in [-0.25, -0.2) is 0 Å². The van der Waals surface area contributed by atoms with Gasteiger partial charge < -0.3 is 14.4 Å². The molecule has 1 aliphatic carbocycles. The van der Waals surface area contributed by atoms with Crippen LogP contribution in [0.4, 0.5) is 0 Å². The smallest absolute Gasteiger partial charge is 0.276 e. The molecule has 0 amide bonds. The van der Waals surface area contributed by atoms with Gasteiger partial charge in [-0.2, -0.15) is 18.4 Å². The second kappa shape index (κ2) is 9.03. The number of rotatable bonds is 5. The summed E-state index contributed by atoms with van der Waals surface area (Å²) in [6.07, 6.45) is 3.24. The minimum absolute atomic E-state index is 0.0242. The van der Waals surface area contributed by atoms with Crippen LogP contribution in [0.1, 0.15) is 48.4 Å². The van der Waals surface area contributed by atoms with Gasteiger partial charge in [-0.1, -0.05) is 17.7 Å². The molecule has 1 atom stereocenters. The molecule has 2 aromatic carbocycles. The van der Waals surface area contributed by atoms with E-state index in [1.807, 2.05) is 19.1 Å². The van der Waals surface area contributed by atoms with Gasteiger partial charge in [0, 0.05) is 25.1 Å². The van der Waals surface area contributed by atoms with Crippen molar-refractivity contribution >= 4 is 21.5 Å². The fraction of sp³-hybridized carbons (Fsp3) is 0.385. The number of carbonyl (C=O) groups is 1. The number of allylic oxidation sites excluding steroid dienone is 2. The number of hydrogen-bond acceptors (Lipinski definition) is 7. The summed E-state index contributed by atoms with van der Waals surface area (Å²) >= 11 is 0. The molecule has 2 aliphatic heterocycles. The van der Waals surface area contributed by atoms with Crippen molar-refractivity contribution in [1.29, 1.82) is 0 Å². The molecule has 3 aliphatic rings. The largest absolute Gasteiger partial charge is 0.493 e. The second-order valence-corrected chi connectivity index (χ2v) is 10.8. The van der Waals surface area contributed by atoms with E-state index in [1.165, 1.54) is 0 Å². The highest BCUT2D eigenvalue weighted by atomic mass is 32.2. The monoisotopic (exact) mass is 495 g/mol. The zero-order valence-electron chi connectivity index (χ0n) is 20.1. The standard InChI is InChI=1S/C26H29N3O5S/c1-16-7-9-18(10-8-16)35(31,32)28-27-20-15-22-19-14-25(34-3)24(33-2)13-17(19)11-12-29(22)21-5-4-6-23(30)26(20)21/h7-10,13-14,22,28H,4-6,11-12,15H2,1-3H3/t22-/m0/s1. The van der Waals surface area contributed by atoms with Gasteiger partial charge in [0.2, 0.25) is 0 Å². The number of Topliss-reactive ketones (excluding diaryl/α,β-unsaturated/α-hetero) is 1. The van der Waals surface area contributed by atoms with Crippen molar-refractivity contribution in [3.63, 3.8) is 0 Å². The summed E-state index contributed by atoms with van der Waals surface area (Å²) in [6.45, 7) is 2.68. The first-order chi connectivity index (χ1) is 16.8. The van der Waals surface area contributed by atoms with Crippen LogP contribution in [-0.4, -0.2) is 45.6 Å². The number of ketones is 1. The van der Waals surface area contributed by atoms with Crippen LogP contribution in [0.3, 0.4) is 0 Å². The van der Waals surface area contributed by atoms with Crippen LogP contribution in [0.15, 0.2) is 57.7 Å². The van der Waals surface area contributed by atoms with Crippen molar-refractivity contribution in [2.45, 2.75) is 50.0 Å². The second-order valence-electron chi connectivity index (χ2n) is 9.13. The van der Waals surface area contributed by atoms with E-state index in [0.717, 1.165) is 48.2 Å². The van der Waals surface area contributed by atoms with E-state index < -0.39 is 10.0 Å². The van der Waals surface area contributed by atoms with E-state index in [-0.39, 0.29) is 16.7 Å². The van der Waals surface area contributed by atoms with Gasteiger partial charge in [0.25, 0.3) is 10.0 Å². The van der Waals surface area contributed by atoms with Crippen molar-refractivity contribution in [2.75, 3.05) is 20.8 Å². The number of sulfonamides is 1. The van der Waals surface area contributed by atoms with Gasteiger partial charge in [-0.15, -0.1) is 0 Å². The third kappa shape index (κ3) is 4.18. The van der Waals surface area contributed by atoms with Crippen LogP contribution < -0.4 is 14.3 Å². The minimum atomic E-state index is -3.86. The summed E-state index contributed by atoms with van der Waals surface area (Å²) in [5.41, 5.74) is 5.24. The normalized spacial score (nSPS) is 20.8. The third-order valence-electron chi connectivity index (χ3n) is 7.04. The highest BCUT2D eigenvalue weighted by Gasteiger charge is 2.40. The number of hydrazone groups is 1. The van der Waals surface area contributed by atoms with E-state index in [1.54, 1.807) is 38.5 Å². The lowest BCUT2D eigenvalue weighted by Crippen LogP contribution is -2.43. The van der Waals surface area contributed by atoms with Gasteiger partial charge in [-0.05, 0) is 61.6 Å². The number of nitrogens with zero attached hydrogens (tertiary/aromatic N) is 2. The van der Waals surface area contributed by atoms with Crippen LogP contribution in [0.5, 0.6) is 11.5 Å². The molecular formula is C26H29N3O5S. The summed E-state index contributed by atoms with van der Waals surface area (Å²) in [5.74, 6) is 1.35. The summed E-state index contributed by atoms with van der Waals surface area (Å²) in [6, 6.07) is 10.5. The van der Waals surface area contributed by atoms with Crippen LogP contribution in [0, 0.1) is 6.92 Å². The van der Waals surface area contributed by atoms with Crippen molar-refractivity contribution in [3.8, 4) is 11.5 Å². The summed E-state index contributed by atoms with van der Waals surface area (Å²) in [4.78, 5) is 17.8. The number of methoxy groups -OCH3 is 2. The van der Waals surface area contributed by atoms with Gasteiger partial charge >= 0.3 is 0 Å². The van der Waals surface area contributed by atoms with Crippen LogP contribution >= 0.6 is 0 Å². The van der Waals surface area contributed by atoms with Gasteiger partial charge in [0.15, 0.2) is 17.3 Å². The lowest BCUT2D eigenvalue weighted by Gasteiger charge is -2.46. The molecule has 0 radical (unpaired) electrons. The average molecular weight is 496 g/mol. The van der Waals surface area contributed by atoms with Crippen molar-refractivity contribution in [1.82, 2.24) is 9.73 Å². The maximum Gasteiger partial charge on any atom is 0.276 e. The topological polar surface area (TPSA) is 97.3 Å². The molecule has 0 spiro atoms. The van der Waals surface area contributed by atoms with Gasteiger partial charge in [0.1, 0.15) is 0 Å². The van der Waals surface area contributed by atoms with Crippen LogP contribution in [0.2, 0.25) is 0 Å². The molecule has 5 rings (SSSR count). The maximum atomic E-state index is 13.0. The molecule has 184 valence electrons. The molecule has 8 nitrogen and oxygen atoms in total. The molecule has 0 saturated heterocycles. The zero-order chi connectivity index (χ0) is 24.7. The Kier molecular flexibility index (Phi) is 6.04. The Labute approximate surface area is 205 Å². The Bertz CT molecular complexity index is 1350. The van der Waals surface area contributed by atoms with Crippen LogP contribution in [0.25, 0.3) is 0 Å². The molecule has 0 aromatic heterocycles. The van der Waals surface area contributed by atoms with E-state index >= 15 is 0 Å². The average Bonchev–Trinajstić information content (AvgIpc) is 2.86. The number of hydrogen-bond donors (Lipinski definition) is 1. The van der Waals surface area contributed by atoms with Crippen molar-refractivity contribution in [3.05, 3.63) is 64.4 Å². The number of carbonyl (C=O) groups excluding carboxylic acids is 1. The van der Waals surface area contributed by atoms with E-state index in [2.05, 4.69) is 14.8 Å². The molecule has 9 heteroatoms. The quantitative estimate of drug-likeness (QED) is 0.636. The molecular weight excluding hydrogens is 466 g/mol. The molecule has 0 saturated carbocycles. The molecule has 0 fully saturated rings. The summed E-state index contributed by atoms with van der Waals surface area (Å²) in [5, 5.41) is 4.35. The van der Waals surface area contributed by atoms with E-state index in [9.17, 15) is 13.2 Å². The predicted molar refractivity (Wildman–Crippen MR) is 132 cm³/mol. The molecule has 35 heavy (non-hydrogen) atoms. The maximum absolute atomic E-state index is 13.0. The van der Waals surface area contributed by atoms with Gasteiger partial charge in [-0.3, -0.25) is 4.79 Å². The Morgan fingerprint density at radius 1 is 1.03 bits per heavy atom. The van der Waals surface area contributed by atoms with Crippen molar-refractivity contribution in [2.24, 2.45) is 5.10 Å². The number of ether oxygens (including phenoxy) is 2. The molecule has 0 unspecified atom stereocenters. The Balaban J connectivity index is 1.56. The number of aryl methyl sites for hydroxylation is 1. The first kappa shape index (κ1) is 23.4. The predicted octanol–water partition coefficient (Wildman–Crippen LogP) is 3.66. The molecule has 2 heterocycles. The minimum Gasteiger partial charge on any atom is -0.493 e. The highest BCUT2D eigenvalue weighted by molar-refractivity contribution is 7.89. The fourth-order valence-electron chi connectivity index (χ4n) is 5.29. The zero-order valence-corrected chi connectivity index (χ0v) is 20.9. The summed E-state index contributed by atoms with van der Waals surface area (Å²) in [7, 11) is -0.632. The number of nitrogens with one attached hydrogen (secondary N) is 1. The molecule has 2 aromatic rings. The lowest BCUT2D eigenvalue weighted by molar-refractivity contribution is -0.115. The first-order valence-electron chi connectivity index (χ1n) is 11.8. The third-order valence-corrected chi connectivity index (χ3v) is 8.27. The molecule has 1 N–H and O–H groups in total. The van der Waals surface area contributed by atoms with E-state index in [0.29, 0.717) is 35.6 Å². The fourth-order valence-corrected chi connectivity index (χ4v) is 6.12. The lowest BCUT2D eigenvalue weighted by atomic mass is 9.79. The van der Waals surface area contributed by atoms with Crippen molar-refractivity contribution < 1.29 is 22.7 Å². The number of fused-ring (bicyclic) bond motifs is 4. The first-order valence-corrected chi connectivity index (χ1v) is 13.2. The number of benzene rings is 2. The molecule has 0 bridgehead atoms. The highest BCUT2D eigenvalue weighted by Crippen LogP contribution is 2.46.